The molecule has 0 aliphatic heterocycles. The van der Waals surface area contributed by atoms with Gasteiger partial charge in [-0.05, 0) is 12.5 Å². The smallest absolute Gasteiger partial charge is 0.311 e. The van der Waals surface area contributed by atoms with Crippen LogP contribution < -0.4 is 5.32 Å². The molecule has 1 heterocycles. The zero-order valence-electron chi connectivity index (χ0n) is 6.65. The fourth-order valence-corrected chi connectivity index (χ4v) is 0.848. The van der Waals surface area contributed by atoms with Gasteiger partial charge in [0.25, 0.3) is 0 Å². The van der Waals surface area contributed by atoms with Gasteiger partial charge in [0.1, 0.15) is 7.85 Å². The molecular weight excluding hydrogens is 157 g/mol. The highest BCUT2D eigenvalue weighted by molar-refractivity contribution is 6.10. The summed E-state index contributed by atoms with van der Waals surface area (Å²) in [5.41, 5.74) is 0.0133. The zero-order valence-corrected chi connectivity index (χ0v) is 6.65. The number of nitrogens with one attached hydrogen (secondary N) is 1. The Balaban J connectivity index is 3.00. The summed E-state index contributed by atoms with van der Waals surface area (Å²) in [7, 11) is 1.86. The van der Waals surface area contributed by atoms with Gasteiger partial charge in [0, 0.05) is 12.3 Å². The lowest BCUT2D eigenvalue weighted by atomic mass is 10.2. The largest absolute Gasteiger partial charge is 0.373 e. The molecule has 0 bridgehead atoms. The number of rotatable bonds is 3. The van der Waals surface area contributed by atoms with Crippen LogP contribution >= 0.6 is 0 Å². The van der Waals surface area contributed by atoms with E-state index in [2.05, 4.69) is 10.3 Å². The van der Waals surface area contributed by atoms with Crippen LogP contribution in [0.15, 0.2) is 18.3 Å². The van der Waals surface area contributed by atoms with Crippen molar-refractivity contribution in [1.82, 2.24) is 4.98 Å². The predicted octanol–water partition coefficient (Wildman–Crippen LogP) is -0.00770. The standard InChI is InChI=1S/C6H8BN3O2/c7-4-9-6-5(10(11)12)2-1-3-8-6/h1-3H,4,7H2,(H,8,9). The second kappa shape index (κ2) is 3.70. The van der Waals surface area contributed by atoms with Crippen LogP contribution in [0, 0.1) is 10.1 Å². The Morgan fingerprint density at radius 1 is 1.75 bits per heavy atom. The molecule has 1 aromatic heterocycles. The maximum absolute atomic E-state index is 10.4. The number of pyridine rings is 1. The Kier molecular flexibility index (Phi) is 2.63. The summed E-state index contributed by atoms with van der Waals surface area (Å²) in [6.45, 7) is 0. The molecule has 62 valence electrons. The van der Waals surface area contributed by atoms with Crippen molar-refractivity contribution >= 4 is 19.4 Å². The fraction of sp³-hybridized carbons (Fsp3) is 0.167. The van der Waals surface area contributed by atoms with Gasteiger partial charge in [-0.15, -0.1) is 0 Å². The quantitative estimate of drug-likeness (QED) is 0.388. The Hall–Kier alpha value is -1.59. The number of anilines is 1. The molecule has 0 spiro atoms. The van der Waals surface area contributed by atoms with E-state index in [1.165, 1.54) is 12.3 Å². The highest BCUT2D eigenvalue weighted by Gasteiger charge is 2.11. The lowest BCUT2D eigenvalue weighted by Crippen LogP contribution is -2.05. The van der Waals surface area contributed by atoms with Crippen LogP contribution in [-0.4, -0.2) is 24.2 Å². The SMILES string of the molecule is BCNc1ncccc1[N+](=O)[O-]. The third-order valence-electron chi connectivity index (χ3n) is 1.33. The molecule has 0 aliphatic rings. The first kappa shape index (κ1) is 8.51. The average Bonchev–Trinajstić information content (AvgIpc) is 2.05. The minimum Gasteiger partial charge on any atom is -0.373 e. The van der Waals surface area contributed by atoms with Crippen molar-refractivity contribution in [3.8, 4) is 0 Å². The molecule has 6 heteroatoms. The zero-order chi connectivity index (χ0) is 8.97. The number of hydrogen-bond donors (Lipinski definition) is 1. The summed E-state index contributed by atoms with van der Waals surface area (Å²) in [5, 5.41) is 13.2. The van der Waals surface area contributed by atoms with Crippen molar-refractivity contribution in [2.45, 2.75) is 0 Å². The van der Waals surface area contributed by atoms with Gasteiger partial charge in [-0.1, -0.05) is 0 Å². The van der Waals surface area contributed by atoms with Crippen molar-refractivity contribution in [2.75, 3.05) is 11.8 Å². The van der Waals surface area contributed by atoms with E-state index in [4.69, 9.17) is 0 Å². The van der Waals surface area contributed by atoms with Crippen LogP contribution in [0.3, 0.4) is 0 Å². The molecule has 0 saturated heterocycles. The molecular formula is C6H8BN3O2. The van der Waals surface area contributed by atoms with Crippen molar-refractivity contribution in [2.24, 2.45) is 0 Å². The third-order valence-corrected chi connectivity index (χ3v) is 1.33. The van der Waals surface area contributed by atoms with Crippen LogP contribution in [0.5, 0.6) is 0 Å². The average molecular weight is 165 g/mol. The molecule has 1 aromatic rings. The highest BCUT2D eigenvalue weighted by atomic mass is 16.6. The maximum atomic E-state index is 10.4. The highest BCUT2D eigenvalue weighted by Crippen LogP contribution is 2.19. The molecule has 1 rings (SSSR count). The number of nitrogens with zero attached hydrogens (tertiary/aromatic N) is 2. The molecule has 1 N–H and O–H groups in total. The molecule has 0 unspecified atom stereocenters. The summed E-state index contributed by atoms with van der Waals surface area (Å²) < 4.78 is 0. The number of nitro groups is 1. The van der Waals surface area contributed by atoms with E-state index in [0.29, 0.717) is 12.3 Å². The minimum atomic E-state index is -0.453. The van der Waals surface area contributed by atoms with E-state index >= 15 is 0 Å². The molecule has 0 aliphatic carbocycles. The molecule has 0 saturated carbocycles. The van der Waals surface area contributed by atoms with Gasteiger partial charge in [0.05, 0.1) is 4.92 Å². The lowest BCUT2D eigenvalue weighted by molar-refractivity contribution is -0.384. The molecule has 5 nitrogen and oxygen atoms in total. The van der Waals surface area contributed by atoms with E-state index < -0.39 is 4.92 Å². The summed E-state index contributed by atoms with van der Waals surface area (Å²) in [4.78, 5) is 13.8. The first-order valence-corrected chi connectivity index (χ1v) is 3.59. The Morgan fingerprint density at radius 2 is 2.50 bits per heavy atom. The fourth-order valence-electron chi connectivity index (χ4n) is 0.848. The van der Waals surface area contributed by atoms with E-state index in [9.17, 15) is 10.1 Å². The minimum absolute atomic E-state index is 0.0133. The number of hydrogen-bond acceptors (Lipinski definition) is 4. The molecule has 0 amide bonds. The van der Waals surface area contributed by atoms with Crippen molar-refractivity contribution in [1.29, 1.82) is 0 Å². The van der Waals surface area contributed by atoms with Crippen molar-refractivity contribution < 1.29 is 4.92 Å². The van der Waals surface area contributed by atoms with Gasteiger partial charge in [-0.25, -0.2) is 4.98 Å². The molecule has 12 heavy (non-hydrogen) atoms. The maximum Gasteiger partial charge on any atom is 0.311 e. The molecule has 0 atom stereocenters. The molecule has 0 radical (unpaired) electrons. The van der Waals surface area contributed by atoms with Gasteiger partial charge in [-0.2, -0.15) is 0 Å². The summed E-state index contributed by atoms with van der Waals surface area (Å²) in [6, 6.07) is 2.96. The van der Waals surface area contributed by atoms with E-state index in [1.54, 1.807) is 6.07 Å². The first-order valence-electron chi connectivity index (χ1n) is 3.59. The Morgan fingerprint density at radius 3 is 3.08 bits per heavy atom. The van der Waals surface area contributed by atoms with Crippen LogP contribution in [-0.2, 0) is 0 Å². The van der Waals surface area contributed by atoms with Crippen LogP contribution in [0.2, 0.25) is 0 Å². The molecule has 0 aromatic carbocycles. The first-order chi connectivity index (χ1) is 5.75. The van der Waals surface area contributed by atoms with E-state index in [0.717, 1.165) is 0 Å². The lowest BCUT2D eigenvalue weighted by Gasteiger charge is -2.00. The summed E-state index contributed by atoms with van der Waals surface area (Å²) >= 11 is 0. The molecule has 0 fully saturated rings. The van der Waals surface area contributed by atoms with E-state index in [-0.39, 0.29) is 5.69 Å². The van der Waals surface area contributed by atoms with Crippen molar-refractivity contribution in [3.63, 3.8) is 0 Å². The second-order valence-corrected chi connectivity index (χ2v) is 2.16. The van der Waals surface area contributed by atoms with Gasteiger partial charge < -0.3 is 5.32 Å². The third kappa shape index (κ3) is 1.72. The van der Waals surface area contributed by atoms with Gasteiger partial charge in [-0.3, -0.25) is 10.1 Å². The normalized spacial score (nSPS) is 9.33. The topological polar surface area (TPSA) is 68.1 Å². The number of aromatic nitrogens is 1. The predicted molar refractivity (Wildman–Crippen MR) is 47.9 cm³/mol. The van der Waals surface area contributed by atoms with E-state index in [1.807, 2.05) is 7.85 Å². The second-order valence-electron chi connectivity index (χ2n) is 2.16. The Labute approximate surface area is 70.4 Å². The monoisotopic (exact) mass is 165 g/mol. The Bertz CT molecular complexity index is 292. The van der Waals surface area contributed by atoms with Gasteiger partial charge >= 0.3 is 5.69 Å². The van der Waals surface area contributed by atoms with Crippen molar-refractivity contribution in [3.05, 3.63) is 28.4 Å². The summed E-state index contributed by atoms with van der Waals surface area (Å²) in [5.74, 6) is 0.324. The van der Waals surface area contributed by atoms with Crippen LogP contribution in [0.4, 0.5) is 11.5 Å². The van der Waals surface area contributed by atoms with Gasteiger partial charge in [0.2, 0.25) is 5.82 Å². The van der Waals surface area contributed by atoms with Crippen LogP contribution in [0.25, 0.3) is 0 Å². The van der Waals surface area contributed by atoms with Gasteiger partial charge in [0.15, 0.2) is 0 Å². The summed E-state index contributed by atoms with van der Waals surface area (Å²) in [6.07, 6.45) is 2.14. The van der Waals surface area contributed by atoms with Crippen LogP contribution in [0.1, 0.15) is 0 Å².